The predicted molar refractivity (Wildman–Crippen MR) is 65.0 cm³/mol. The van der Waals surface area contributed by atoms with Gasteiger partial charge in [-0.05, 0) is 20.3 Å². The van der Waals surface area contributed by atoms with Gasteiger partial charge in [0.2, 0.25) is 5.91 Å². The second kappa shape index (κ2) is 7.32. The van der Waals surface area contributed by atoms with Crippen LogP contribution in [0.4, 0.5) is 0 Å². The first-order valence-electron chi connectivity index (χ1n) is 5.43. The maximum absolute atomic E-state index is 11.3. The number of carbonyl (C=O) groups excluding carboxylic acids is 1. The summed E-state index contributed by atoms with van der Waals surface area (Å²) in [6.07, 6.45) is 0.701. The fourth-order valence-electron chi connectivity index (χ4n) is 1.07. The SMILES string of the molecule is CC(C)OCC(=O)NC(CCS(C)(=O)=O)C(=O)O. The lowest BCUT2D eigenvalue weighted by Gasteiger charge is -2.14. The van der Waals surface area contributed by atoms with Crippen LogP contribution in [0.25, 0.3) is 0 Å². The molecule has 7 nitrogen and oxygen atoms in total. The Labute approximate surface area is 106 Å². The minimum atomic E-state index is -3.26. The summed E-state index contributed by atoms with van der Waals surface area (Å²) in [4.78, 5) is 22.2. The highest BCUT2D eigenvalue weighted by molar-refractivity contribution is 7.90. The topological polar surface area (TPSA) is 110 Å². The summed E-state index contributed by atoms with van der Waals surface area (Å²) < 4.78 is 26.9. The molecular weight excluding hydrogens is 262 g/mol. The summed E-state index contributed by atoms with van der Waals surface area (Å²) in [7, 11) is -3.26. The molecule has 0 bridgehead atoms. The zero-order valence-electron chi connectivity index (χ0n) is 10.7. The molecule has 1 amide bonds. The highest BCUT2D eigenvalue weighted by atomic mass is 32.2. The summed E-state index contributed by atoms with van der Waals surface area (Å²) in [6.45, 7) is 3.23. The van der Waals surface area contributed by atoms with Crippen molar-refractivity contribution in [2.45, 2.75) is 32.4 Å². The fourth-order valence-corrected chi connectivity index (χ4v) is 1.73. The first-order valence-corrected chi connectivity index (χ1v) is 7.49. The van der Waals surface area contributed by atoms with Crippen molar-refractivity contribution in [1.29, 1.82) is 0 Å². The van der Waals surface area contributed by atoms with Gasteiger partial charge in [-0.1, -0.05) is 0 Å². The zero-order chi connectivity index (χ0) is 14.3. The van der Waals surface area contributed by atoms with E-state index in [4.69, 9.17) is 9.84 Å². The lowest BCUT2D eigenvalue weighted by atomic mass is 10.2. The van der Waals surface area contributed by atoms with Crippen LogP contribution >= 0.6 is 0 Å². The largest absolute Gasteiger partial charge is 0.480 e. The van der Waals surface area contributed by atoms with E-state index in [0.717, 1.165) is 6.26 Å². The number of nitrogens with one attached hydrogen (secondary N) is 1. The molecule has 0 rings (SSSR count). The van der Waals surface area contributed by atoms with Crippen molar-refractivity contribution in [3.63, 3.8) is 0 Å². The normalized spacial score (nSPS) is 13.3. The van der Waals surface area contributed by atoms with Crippen molar-refractivity contribution in [1.82, 2.24) is 5.32 Å². The number of aliphatic carboxylic acids is 1. The second-order valence-corrected chi connectivity index (χ2v) is 6.50. The molecule has 0 aromatic rings. The molecule has 0 radical (unpaired) electrons. The number of hydrogen-bond acceptors (Lipinski definition) is 5. The van der Waals surface area contributed by atoms with Crippen molar-refractivity contribution in [3.05, 3.63) is 0 Å². The Kier molecular flexibility index (Phi) is 6.85. The van der Waals surface area contributed by atoms with E-state index in [-0.39, 0.29) is 24.9 Å². The number of carbonyl (C=O) groups is 2. The molecule has 1 atom stereocenters. The van der Waals surface area contributed by atoms with Crippen molar-refractivity contribution in [2.24, 2.45) is 0 Å². The standard InChI is InChI=1S/C10H19NO6S/c1-7(2)17-6-9(12)11-8(10(13)14)4-5-18(3,15)16/h7-8H,4-6H2,1-3H3,(H,11,12)(H,13,14). The Morgan fingerprint density at radius 3 is 2.28 bits per heavy atom. The van der Waals surface area contributed by atoms with E-state index in [1.807, 2.05) is 0 Å². The summed E-state index contributed by atoms with van der Waals surface area (Å²) in [6, 6.07) is -1.22. The molecule has 0 aliphatic heterocycles. The van der Waals surface area contributed by atoms with Gasteiger partial charge in [-0.25, -0.2) is 13.2 Å². The van der Waals surface area contributed by atoms with E-state index in [0.29, 0.717) is 0 Å². The van der Waals surface area contributed by atoms with Crippen LogP contribution in [0, 0.1) is 0 Å². The van der Waals surface area contributed by atoms with Crippen molar-refractivity contribution < 1.29 is 27.9 Å². The summed E-state index contributed by atoms with van der Waals surface area (Å²) in [5.74, 6) is -2.14. The molecule has 2 N–H and O–H groups in total. The van der Waals surface area contributed by atoms with E-state index in [1.54, 1.807) is 13.8 Å². The van der Waals surface area contributed by atoms with E-state index in [9.17, 15) is 18.0 Å². The Morgan fingerprint density at radius 2 is 1.89 bits per heavy atom. The average Bonchev–Trinajstić information content (AvgIpc) is 2.19. The van der Waals surface area contributed by atoms with Gasteiger partial charge in [0.1, 0.15) is 22.5 Å². The zero-order valence-corrected chi connectivity index (χ0v) is 11.5. The summed E-state index contributed by atoms with van der Waals surface area (Å²) in [5.41, 5.74) is 0. The molecule has 0 saturated carbocycles. The van der Waals surface area contributed by atoms with Crippen LogP contribution in [0.15, 0.2) is 0 Å². The molecular formula is C10H19NO6S. The molecule has 0 fully saturated rings. The first-order chi connectivity index (χ1) is 8.11. The molecule has 0 aliphatic carbocycles. The van der Waals surface area contributed by atoms with Crippen LogP contribution < -0.4 is 5.32 Å². The third-order valence-electron chi connectivity index (χ3n) is 1.96. The first kappa shape index (κ1) is 16.9. The van der Waals surface area contributed by atoms with Gasteiger partial charge in [0, 0.05) is 6.26 Å². The van der Waals surface area contributed by atoms with Crippen LogP contribution in [0.3, 0.4) is 0 Å². The lowest BCUT2D eigenvalue weighted by Crippen LogP contribution is -2.43. The Balaban J connectivity index is 4.28. The molecule has 106 valence electrons. The number of ether oxygens (including phenoxy) is 1. The molecule has 8 heteroatoms. The smallest absolute Gasteiger partial charge is 0.326 e. The van der Waals surface area contributed by atoms with E-state index < -0.39 is 27.8 Å². The monoisotopic (exact) mass is 281 g/mol. The molecule has 0 aromatic carbocycles. The molecule has 18 heavy (non-hydrogen) atoms. The predicted octanol–water partition coefficient (Wildman–Crippen LogP) is -0.584. The van der Waals surface area contributed by atoms with Gasteiger partial charge < -0.3 is 15.2 Å². The van der Waals surface area contributed by atoms with Crippen LogP contribution in [0.1, 0.15) is 20.3 Å². The van der Waals surface area contributed by atoms with Gasteiger partial charge in [-0.3, -0.25) is 4.79 Å². The molecule has 1 unspecified atom stereocenters. The van der Waals surface area contributed by atoms with Crippen LogP contribution in [0.2, 0.25) is 0 Å². The minimum Gasteiger partial charge on any atom is -0.480 e. The van der Waals surface area contributed by atoms with Gasteiger partial charge >= 0.3 is 5.97 Å². The third kappa shape index (κ3) is 8.94. The Hall–Kier alpha value is -1.15. The van der Waals surface area contributed by atoms with Crippen molar-refractivity contribution >= 4 is 21.7 Å². The van der Waals surface area contributed by atoms with E-state index in [2.05, 4.69) is 5.32 Å². The Morgan fingerprint density at radius 1 is 1.33 bits per heavy atom. The maximum Gasteiger partial charge on any atom is 0.326 e. The van der Waals surface area contributed by atoms with Crippen LogP contribution in [-0.4, -0.2) is 56.2 Å². The van der Waals surface area contributed by atoms with Crippen molar-refractivity contribution in [2.75, 3.05) is 18.6 Å². The van der Waals surface area contributed by atoms with E-state index >= 15 is 0 Å². The minimum absolute atomic E-state index is 0.143. The number of rotatable bonds is 8. The molecule has 0 spiro atoms. The van der Waals surface area contributed by atoms with Gasteiger partial charge in [-0.15, -0.1) is 0 Å². The van der Waals surface area contributed by atoms with Crippen molar-refractivity contribution in [3.8, 4) is 0 Å². The average molecular weight is 281 g/mol. The van der Waals surface area contributed by atoms with Crippen LogP contribution in [0.5, 0.6) is 0 Å². The van der Waals surface area contributed by atoms with Gasteiger partial charge in [0.25, 0.3) is 0 Å². The second-order valence-electron chi connectivity index (χ2n) is 4.24. The summed E-state index contributed by atoms with van der Waals surface area (Å²) in [5, 5.41) is 11.1. The summed E-state index contributed by atoms with van der Waals surface area (Å²) >= 11 is 0. The van der Waals surface area contributed by atoms with Crippen LogP contribution in [-0.2, 0) is 24.2 Å². The quantitative estimate of drug-likeness (QED) is 0.615. The van der Waals surface area contributed by atoms with Gasteiger partial charge in [0.05, 0.1) is 11.9 Å². The molecule has 0 aliphatic rings. The Bertz CT molecular complexity index is 389. The molecule has 0 aromatic heterocycles. The molecule has 0 saturated heterocycles. The number of amides is 1. The van der Waals surface area contributed by atoms with Gasteiger partial charge in [0.15, 0.2) is 0 Å². The highest BCUT2D eigenvalue weighted by Crippen LogP contribution is 1.97. The molecule has 0 heterocycles. The number of carboxylic acid groups (broad SMARTS) is 1. The van der Waals surface area contributed by atoms with E-state index in [1.165, 1.54) is 0 Å². The number of sulfone groups is 1. The maximum atomic E-state index is 11.3. The lowest BCUT2D eigenvalue weighted by molar-refractivity contribution is -0.142. The highest BCUT2D eigenvalue weighted by Gasteiger charge is 2.21. The number of carboxylic acids is 1. The fraction of sp³-hybridized carbons (Fsp3) is 0.800. The van der Waals surface area contributed by atoms with Gasteiger partial charge in [-0.2, -0.15) is 0 Å². The third-order valence-corrected chi connectivity index (χ3v) is 2.94. The number of hydrogen-bond donors (Lipinski definition) is 2.